The van der Waals surface area contributed by atoms with Crippen molar-refractivity contribution in [1.29, 1.82) is 0 Å². The van der Waals surface area contributed by atoms with Gasteiger partial charge in [-0.3, -0.25) is 0 Å². The monoisotopic (exact) mass is 324 g/mol. The van der Waals surface area contributed by atoms with Crippen molar-refractivity contribution in [2.45, 2.75) is 6.61 Å². The smallest absolute Gasteiger partial charge is 0.408 e. The van der Waals surface area contributed by atoms with Crippen molar-refractivity contribution in [3.05, 3.63) is 65.2 Å². The predicted molar refractivity (Wildman–Crippen MR) is 89.3 cm³/mol. The third kappa shape index (κ3) is 4.78. The van der Waals surface area contributed by atoms with E-state index in [9.17, 15) is 9.59 Å². The topological polar surface area (TPSA) is 102 Å². The SMILES string of the molecule is Nc1c(C#CCNC(=O)OCc2ccccc2)cccc1C(=O)O. The number of rotatable bonds is 4. The van der Waals surface area contributed by atoms with Gasteiger partial charge in [-0.1, -0.05) is 48.2 Å². The summed E-state index contributed by atoms with van der Waals surface area (Å²) in [6.45, 7) is 0.234. The molecule has 122 valence electrons. The summed E-state index contributed by atoms with van der Waals surface area (Å²) in [5.74, 6) is 4.32. The summed E-state index contributed by atoms with van der Waals surface area (Å²) in [5.41, 5.74) is 7.12. The zero-order chi connectivity index (χ0) is 17.4. The Balaban J connectivity index is 1.84. The van der Waals surface area contributed by atoms with E-state index in [1.165, 1.54) is 6.07 Å². The molecule has 0 atom stereocenters. The van der Waals surface area contributed by atoms with Crippen LogP contribution in [0.1, 0.15) is 21.5 Å². The van der Waals surface area contributed by atoms with Crippen LogP contribution in [0.2, 0.25) is 0 Å². The Morgan fingerprint density at radius 1 is 1.12 bits per heavy atom. The number of carbonyl (C=O) groups is 2. The maximum absolute atomic E-state index is 11.5. The van der Waals surface area contributed by atoms with Crippen LogP contribution in [0.5, 0.6) is 0 Å². The average molecular weight is 324 g/mol. The predicted octanol–water partition coefficient (Wildman–Crippen LogP) is 2.24. The van der Waals surface area contributed by atoms with Gasteiger partial charge in [0.2, 0.25) is 0 Å². The number of hydrogen-bond acceptors (Lipinski definition) is 4. The van der Waals surface area contributed by atoms with Gasteiger partial charge in [0, 0.05) is 5.56 Å². The maximum Gasteiger partial charge on any atom is 0.408 e. The van der Waals surface area contributed by atoms with Gasteiger partial charge in [0.15, 0.2) is 0 Å². The molecule has 2 rings (SSSR count). The first-order valence-electron chi connectivity index (χ1n) is 7.13. The molecule has 0 bridgehead atoms. The maximum atomic E-state index is 11.5. The van der Waals surface area contributed by atoms with Crippen LogP contribution in [-0.4, -0.2) is 23.7 Å². The van der Waals surface area contributed by atoms with Crippen molar-refractivity contribution in [3.8, 4) is 11.8 Å². The summed E-state index contributed by atoms with van der Waals surface area (Å²) in [4.78, 5) is 22.5. The highest BCUT2D eigenvalue weighted by atomic mass is 16.5. The van der Waals surface area contributed by atoms with Gasteiger partial charge in [-0.05, 0) is 17.7 Å². The minimum absolute atomic E-state index is 0.00275. The number of carboxylic acid groups (broad SMARTS) is 1. The van der Waals surface area contributed by atoms with Crippen LogP contribution in [0.4, 0.5) is 10.5 Å². The summed E-state index contributed by atoms with van der Waals surface area (Å²) >= 11 is 0. The summed E-state index contributed by atoms with van der Waals surface area (Å²) in [5, 5.41) is 11.5. The number of aromatic carboxylic acids is 1. The standard InChI is InChI=1S/C18H16N2O4/c19-16-14(8-4-10-15(16)17(21)22)9-5-11-20-18(23)24-12-13-6-2-1-3-7-13/h1-4,6-8,10H,11-12,19H2,(H,20,23)(H,21,22). The molecule has 0 aliphatic carbocycles. The van der Waals surface area contributed by atoms with Crippen molar-refractivity contribution < 1.29 is 19.4 Å². The van der Waals surface area contributed by atoms with Gasteiger partial charge >= 0.3 is 12.1 Å². The van der Waals surface area contributed by atoms with E-state index >= 15 is 0 Å². The van der Waals surface area contributed by atoms with E-state index in [4.69, 9.17) is 15.6 Å². The summed E-state index contributed by atoms with van der Waals surface area (Å²) in [6, 6.07) is 13.9. The third-order valence-corrected chi connectivity index (χ3v) is 3.09. The number of nitrogens with two attached hydrogens (primary N) is 1. The molecule has 2 aromatic rings. The Kier molecular flexibility index (Phi) is 5.81. The molecule has 0 fully saturated rings. The molecule has 0 aliphatic rings. The number of anilines is 1. The number of para-hydroxylation sites is 1. The molecule has 0 aromatic heterocycles. The van der Waals surface area contributed by atoms with Crippen molar-refractivity contribution >= 4 is 17.7 Å². The number of amides is 1. The lowest BCUT2D eigenvalue weighted by molar-refractivity contribution is 0.0698. The first kappa shape index (κ1) is 16.9. The lowest BCUT2D eigenvalue weighted by Gasteiger charge is -2.04. The summed E-state index contributed by atoms with van der Waals surface area (Å²) in [6.07, 6.45) is -0.583. The van der Waals surface area contributed by atoms with Crippen LogP contribution in [0.25, 0.3) is 0 Å². The second-order valence-corrected chi connectivity index (χ2v) is 4.79. The molecular formula is C18H16N2O4. The minimum Gasteiger partial charge on any atom is -0.478 e. The summed E-state index contributed by atoms with van der Waals surface area (Å²) < 4.78 is 5.03. The number of nitrogen functional groups attached to an aromatic ring is 1. The van der Waals surface area contributed by atoms with Crippen molar-refractivity contribution in [1.82, 2.24) is 5.32 Å². The molecule has 0 heterocycles. The lowest BCUT2D eigenvalue weighted by Crippen LogP contribution is -2.24. The number of carboxylic acids is 1. The Morgan fingerprint density at radius 3 is 2.58 bits per heavy atom. The van der Waals surface area contributed by atoms with Crippen LogP contribution in [0, 0.1) is 11.8 Å². The lowest BCUT2D eigenvalue weighted by atomic mass is 10.1. The molecule has 1 amide bonds. The van der Waals surface area contributed by atoms with Crippen LogP contribution in [0.15, 0.2) is 48.5 Å². The van der Waals surface area contributed by atoms with Gasteiger partial charge in [-0.15, -0.1) is 0 Å². The summed E-state index contributed by atoms with van der Waals surface area (Å²) in [7, 11) is 0. The van der Waals surface area contributed by atoms with E-state index < -0.39 is 12.1 Å². The molecule has 0 spiro atoms. The zero-order valence-corrected chi connectivity index (χ0v) is 12.8. The molecule has 0 saturated heterocycles. The molecule has 6 heteroatoms. The Morgan fingerprint density at radius 2 is 1.88 bits per heavy atom. The fraction of sp³-hybridized carbons (Fsp3) is 0.111. The molecular weight excluding hydrogens is 308 g/mol. The highest BCUT2D eigenvalue weighted by Gasteiger charge is 2.09. The molecule has 4 N–H and O–H groups in total. The van der Waals surface area contributed by atoms with Crippen LogP contribution >= 0.6 is 0 Å². The molecule has 6 nitrogen and oxygen atoms in total. The molecule has 0 saturated carbocycles. The van der Waals surface area contributed by atoms with E-state index in [0.717, 1.165) is 5.56 Å². The van der Waals surface area contributed by atoms with E-state index in [2.05, 4.69) is 17.2 Å². The molecule has 2 aromatic carbocycles. The largest absolute Gasteiger partial charge is 0.478 e. The van der Waals surface area contributed by atoms with E-state index in [0.29, 0.717) is 5.56 Å². The van der Waals surface area contributed by atoms with E-state index in [1.807, 2.05) is 30.3 Å². The van der Waals surface area contributed by atoms with Gasteiger partial charge < -0.3 is 20.9 Å². The van der Waals surface area contributed by atoms with Crippen molar-refractivity contribution in [3.63, 3.8) is 0 Å². The number of nitrogens with one attached hydrogen (secondary N) is 1. The quantitative estimate of drug-likeness (QED) is 0.591. The zero-order valence-electron chi connectivity index (χ0n) is 12.8. The fourth-order valence-electron chi connectivity index (χ4n) is 1.89. The van der Waals surface area contributed by atoms with E-state index in [1.54, 1.807) is 12.1 Å². The van der Waals surface area contributed by atoms with Gasteiger partial charge in [-0.2, -0.15) is 0 Å². The first-order chi connectivity index (χ1) is 11.6. The van der Waals surface area contributed by atoms with Crippen LogP contribution in [-0.2, 0) is 11.3 Å². The number of carbonyl (C=O) groups excluding carboxylic acids is 1. The highest BCUT2D eigenvalue weighted by Crippen LogP contribution is 2.16. The number of hydrogen-bond donors (Lipinski definition) is 3. The normalized spacial score (nSPS) is 9.50. The number of alkyl carbamates (subject to hydrolysis) is 1. The molecule has 0 aliphatic heterocycles. The molecule has 0 radical (unpaired) electrons. The second-order valence-electron chi connectivity index (χ2n) is 4.79. The average Bonchev–Trinajstić information content (AvgIpc) is 2.58. The van der Waals surface area contributed by atoms with Crippen LogP contribution in [0.3, 0.4) is 0 Å². The van der Waals surface area contributed by atoms with Gasteiger partial charge in [0.25, 0.3) is 0 Å². The Hall–Kier alpha value is -3.46. The van der Waals surface area contributed by atoms with Crippen LogP contribution < -0.4 is 11.1 Å². The Labute approximate surface area is 139 Å². The third-order valence-electron chi connectivity index (χ3n) is 3.09. The van der Waals surface area contributed by atoms with Crippen molar-refractivity contribution in [2.75, 3.05) is 12.3 Å². The fourth-order valence-corrected chi connectivity index (χ4v) is 1.89. The number of benzene rings is 2. The van der Waals surface area contributed by atoms with Crippen molar-refractivity contribution in [2.24, 2.45) is 0 Å². The molecule has 24 heavy (non-hydrogen) atoms. The minimum atomic E-state index is -1.11. The Bertz CT molecular complexity index is 792. The second kappa shape index (κ2) is 8.25. The number of ether oxygens (including phenoxy) is 1. The first-order valence-corrected chi connectivity index (χ1v) is 7.13. The highest BCUT2D eigenvalue weighted by molar-refractivity contribution is 5.95. The van der Waals surface area contributed by atoms with Gasteiger partial charge in [-0.25, -0.2) is 9.59 Å². The van der Waals surface area contributed by atoms with E-state index in [-0.39, 0.29) is 24.4 Å². The molecule has 0 unspecified atom stereocenters. The van der Waals surface area contributed by atoms with Gasteiger partial charge in [0.05, 0.1) is 17.8 Å². The van der Waals surface area contributed by atoms with Gasteiger partial charge in [0.1, 0.15) is 6.61 Å².